The van der Waals surface area contributed by atoms with Crippen molar-refractivity contribution in [3.8, 4) is 17.2 Å². The summed E-state index contributed by atoms with van der Waals surface area (Å²) in [7, 11) is 5.89. The molecule has 12 nitrogen and oxygen atoms in total. The lowest BCUT2D eigenvalue weighted by Gasteiger charge is -2.22. The first-order chi connectivity index (χ1) is 18.3. The van der Waals surface area contributed by atoms with Gasteiger partial charge in [-0.25, -0.2) is 9.59 Å². The molecular formula is C27H42N4O8. The lowest BCUT2D eigenvalue weighted by atomic mass is 10.0. The van der Waals surface area contributed by atoms with Crippen molar-refractivity contribution in [2.45, 2.75) is 46.1 Å². The maximum Gasteiger partial charge on any atom is 0.415 e. The third-order valence-corrected chi connectivity index (χ3v) is 5.72. The Hall–Kier alpha value is -3.80. The van der Waals surface area contributed by atoms with E-state index in [-0.39, 0.29) is 36.4 Å². The summed E-state index contributed by atoms with van der Waals surface area (Å²) < 4.78 is 16.3. The van der Waals surface area contributed by atoms with Crippen LogP contribution in [0.1, 0.15) is 45.6 Å². The second kappa shape index (κ2) is 16.2. The Labute approximate surface area is 230 Å². The highest BCUT2D eigenvalue weighted by molar-refractivity contribution is 6.01. The van der Waals surface area contributed by atoms with Gasteiger partial charge in [0.05, 0.1) is 26.2 Å². The smallest absolute Gasteiger partial charge is 0.415 e. The van der Waals surface area contributed by atoms with E-state index in [0.717, 1.165) is 11.6 Å². The summed E-state index contributed by atoms with van der Waals surface area (Å²) in [6.45, 7) is 9.01. The van der Waals surface area contributed by atoms with Crippen LogP contribution in [-0.4, -0.2) is 99.3 Å². The zero-order valence-electron chi connectivity index (χ0n) is 24.1. The topological polar surface area (TPSA) is 147 Å². The minimum Gasteiger partial charge on any atom is -0.493 e. The van der Waals surface area contributed by atoms with Crippen molar-refractivity contribution in [3.05, 3.63) is 29.3 Å². The number of methoxy groups -OCH3 is 2. The van der Waals surface area contributed by atoms with Gasteiger partial charge in [0.15, 0.2) is 11.5 Å². The summed E-state index contributed by atoms with van der Waals surface area (Å²) in [5, 5.41) is 15.2. The Morgan fingerprint density at radius 2 is 1.51 bits per heavy atom. The standard InChI is InChI=1S/C27H42N4O8/c1-17(2)19-13-21(37-7)25(22(14-19)38-8)39-27(36)31(6)12-11-30(5)24(33)16-20(26(34)35)15-23(32)29-10-9-28-18(3)4/h13-14,16-18,28H,9-12,15H2,1-8H3,(H,29,32)(H,34,35)/b20-16-. The Morgan fingerprint density at radius 3 is 2.00 bits per heavy atom. The summed E-state index contributed by atoms with van der Waals surface area (Å²) >= 11 is 0. The van der Waals surface area contributed by atoms with Crippen LogP contribution in [0.2, 0.25) is 0 Å². The van der Waals surface area contributed by atoms with Crippen molar-refractivity contribution in [2.75, 3.05) is 54.5 Å². The lowest BCUT2D eigenvalue weighted by molar-refractivity contribution is -0.134. The maximum absolute atomic E-state index is 12.7. The average Bonchev–Trinajstić information content (AvgIpc) is 2.88. The Balaban J connectivity index is 2.76. The lowest BCUT2D eigenvalue weighted by Crippen LogP contribution is -2.38. The number of likely N-dealkylation sites (N-methyl/N-ethyl adjacent to an activating group) is 2. The van der Waals surface area contributed by atoms with Gasteiger partial charge in [-0.2, -0.15) is 0 Å². The molecule has 3 N–H and O–H groups in total. The predicted molar refractivity (Wildman–Crippen MR) is 146 cm³/mol. The van der Waals surface area contributed by atoms with Gasteiger partial charge >= 0.3 is 12.1 Å². The molecule has 1 rings (SSSR count). The van der Waals surface area contributed by atoms with Crippen molar-refractivity contribution in [1.82, 2.24) is 20.4 Å². The summed E-state index contributed by atoms with van der Waals surface area (Å²) in [6, 6.07) is 3.81. The highest BCUT2D eigenvalue weighted by Gasteiger charge is 2.22. The van der Waals surface area contributed by atoms with E-state index < -0.39 is 30.3 Å². The molecule has 1 aromatic rings. The Bertz CT molecular complexity index is 1010. The summed E-state index contributed by atoms with van der Waals surface area (Å²) in [4.78, 5) is 51.5. The zero-order chi connectivity index (χ0) is 29.7. The number of rotatable bonds is 15. The molecule has 0 heterocycles. The SMILES string of the molecule is COc1cc(C(C)C)cc(OC)c1OC(=O)N(C)CCN(C)C(=O)/C=C(/CC(=O)NCCNC(C)C)C(=O)O. The first-order valence-corrected chi connectivity index (χ1v) is 12.7. The van der Waals surface area contributed by atoms with Crippen molar-refractivity contribution in [2.24, 2.45) is 0 Å². The monoisotopic (exact) mass is 550 g/mol. The van der Waals surface area contributed by atoms with E-state index in [9.17, 15) is 24.3 Å². The predicted octanol–water partition coefficient (Wildman–Crippen LogP) is 2.23. The number of carboxylic acids is 1. The van der Waals surface area contributed by atoms with Crippen molar-refractivity contribution >= 4 is 23.9 Å². The van der Waals surface area contributed by atoms with Crippen LogP contribution in [0.25, 0.3) is 0 Å². The van der Waals surface area contributed by atoms with Gasteiger partial charge in [0.2, 0.25) is 17.6 Å². The maximum atomic E-state index is 12.7. The average molecular weight is 551 g/mol. The number of carbonyl (C=O) groups excluding carboxylic acids is 3. The molecule has 12 heteroatoms. The first kappa shape index (κ1) is 33.2. The third kappa shape index (κ3) is 11.2. The van der Waals surface area contributed by atoms with Crippen LogP contribution in [0, 0.1) is 0 Å². The van der Waals surface area contributed by atoms with Crippen molar-refractivity contribution in [1.29, 1.82) is 0 Å². The number of amides is 3. The van der Waals surface area contributed by atoms with Gasteiger partial charge < -0.3 is 39.8 Å². The number of hydrogen-bond donors (Lipinski definition) is 3. The van der Waals surface area contributed by atoms with Gasteiger partial charge in [0.1, 0.15) is 0 Å². The van der Waals surface area contributed by atoms with E-state index >= 15 is 0 Å². The molecule has 0 fully saturated rings. The molecule has 0 radical (unpaired) electrons. The van der Waals surface area contributed by atoms with E-state index in [4.69, 9.17) is 14.2 Å². The highest BCUT2D eigenvalue weighted by Crippen LogP contribution is 2.40. The Kier molecular flexibility index (Phi) is 13.8. The number of carboxylic acid groups (broad SMARTS) is 1. The van der Waals surface area contributed by atoms with Gasteiger partial charge in [0.25, 0.3) is 0 Å². The van der Waals surface area contributed by atoms with Crippen LogP contribution in [0.15, 0.2) is 23.8 Å². The van der Waals surface area contributed by atoms with E-state index in [1.165, 1.54) is 38.1 Å². The molecule has 1 aromatic carbocycles. The van der Waals surface area contributed by atoms with Crippen LogP contribution >= 0.6 is 0 Å². The number of ether oxygens (including phenoxy) is 3. The number of carbonyl (C=O) groups is 4. The fourth-order valence-electron chi connectivity index (χ4n) is 3.25. The quantitative estimate of drug-likeness (QED) is 0.221. The number of nitrogens with one attached hydrogen (secondary N) is 2. The van der Waals surface area contributed by atoms with Crippen LogP contribution in [0.4, 0.5) is 4.79 Å². The van der Waals surface area contributed by atoms with Gasteiger partial charge in [-0.3, -0.25) is 9.59 Å². The van der Waals surface area contributed by atoms with E-state index in [1.54, 1.807) is 12.1 Å². The van der Waals surface area contributed by atoms with Crippen LogP contribution in [-0.2, 0) is 14.4 Å². The minimum atomic E-state index is -1.36. The second-order valence-electron chi connectivity index (χ2n) is 9.57. The first-order valence-electron chi connectivity index (χ1n) is 12.7. The molecule has 0 aliphatic carbocycles. The van der Waals surface area contributed by atoms with Crippen molar-refractivity contribution in [3.63, 3.8) is 0 Å². The molecule has 218 valence electrons. The largest absolute Gasteiger partial charge is 0.493 e. The molecule has 39 heavy (non-hydrogen) atoms. The van der Waals surface area contributed by atoms with Crippen molar-refractivity contribution < 1.29 is 38.5 Å². The van der Waals surface area contributed by atoms with Crippen LogP contribution in [0.5, 0.6) is 17.2 Å². The molecule has 0 saturated carbocycles. The number of aliphatic carboxylic acids is 1. The molecule has 0 aliphatic heterocycles. The van der Waals surface area contributed by atoms with Gasteiger partial charge in [-0.05, 0) is 23.6 Å². The van der Waals surface area contributed by atoms with Gasteiger partial charge in [0, 0.05) is 52.4 Å². The molecular weight excluding hydrogens is 508 g/mol. The number of hydrogen-bond acceptors (Lipinski definition) is 8. The van der Waals surface area contributed by atoms with Gasteiger partial charge in [-0.15, -0.1) is 0 Å². The molecule has 0 aliphatic rings. The minimum absolute atomic E-state index is 0.0848. The van der Waals surface area contributed by atoms with Crippen LogP contribution < -0.4 is 24.8 Å². The van der Waals surface area contributed by atoms with E-state index in [2.05, 4.69) is 10.6 Å². The Morgan fingerprint density at radius 1 is 0.949 bits per heavy atom. The van der Waals surface area contributed by atoms with Crippen LogP contribution in [0.3, 0.4) is 0 Å². The zero-order valence-corrected chi connectivity index (χ0v) is 24.1. The van der Waals surface area contributed by atoms with E-state index in [0.29, 0.717) is 24.6 Å². The number of benzene rings is 1. The molecule has 0 atom stereocenters. The summed E-state index contributed by atoms with van der Waals surface area (Å²) in [6.07, 6.45) is -0.226. The third-order valence-electron chi connectivity index (χ3n) is 5.72. The summed E-state index contributed by atoms with van der Waals surface area (Å²) in [5.41, 5.74) is 0.615. The summed E-state index contributed by atoms with van der Waals surface area (Å²) in [5.74, 6) is -1.45. The molecule has 0 spiro atoms. The normalized spacial score (nSPS) is 11.3. The molecule has 0 unspecified atom stereocenters. The molecule has 0 saturated heterocycles. The molecule has 3 amide bonds. The fraction of sp³-hybridized carbons (Fsp3) is 0.556. The highest BCUT2D eigenvalue weighted by atomic mass is 16.6. The van der Waals surface area contributed by atoms with Gasteiger partial charge in [-0.1, -0.05) is 27.7 Å². The molecule has 0 bridgehead atoms. The number of nitrogens with zero attached hydrogens (tertiary/aromatic N) is 2. The fourth-order valence-corrected chi connectivity index (χ4v) is 3.25. The van der Waals surface area contributed by atoms with E-state index in [1.807, 2.05) is 27.7 Å². The molecule has 0 aromatic heterocycles. The second-order valence-corrected chi connectivity index (χ2v) is 9.57.